The van der Waals surface area contributed by atoms with Crippen LogP contribution in [0.2, 0.25) is 0 Å². The lowest BCUT2D eigenvalue weighted by Gasteiger charge is -2.43. The molecular weight excluding hydrogens is 126 g/mol. The van der Waals surface area contributed by atoms with E-state index < -0.39 is 0 Å². The maximum Gasteiger partial charge on any atom is 0.107 e. The molecule has 4 saturated heterocycles. The Bertz CT molecular complexity index is 157. The van der Waals surface area contributed by atoms with Crippen LogP contribution in [0.25, 0.3) is 0 Å². The van der Waals surface area contributed by atoms with Crippen molar-refractivity contribution < 1.29 is 4.74 Å². The Morgan fingerprint density at radius 2 is 2.00 bits per heavy atom. The lowest BCUT2D eigenvalue weighted by atomic mass is 9.79. The Kier molecular flexibility index (Phi) is 0.868. The van der Waals surface area contributed by atoms with Crippen LogP contribution in [0.3, 0.4) is 0 Å². The Balaban J connectivity index is 1.90. The van der Waals surface area contributed by atoms with Crippen LogP contribution in [0.4, 0.5) is 0 Å². The molecule has 10 heavy (non-hydrogen) atoms. The summed E-state index contributed by atoms with van der Waals surface area (Å²) in [6.07, 6.45) is 2.78. The molecule has 4 aliphatic rings. The molecule has 0 radical (unpaired) electrons. The molecule has 1 atom stereocenters. The second-order valence-corrected chi connectivity index (χ2v) is 3.90. The first-order valence-corrected chi connectivity index (χ1v) is 4.25. The van der Waals surface area contributed by atoms with E-state index in [0.717, 1.165) is 12.5 Å². The van der Waals surface area contributed by atoms with Crippen molar-refractivity contribution in [2.45, 2.75) is 18.4 Å². The minimum atomic E-state index is 0.372. The molecule has 4 aliphatic heterocycles. The average Bonchev–Trinajstić information content (AvgIpc) is 2.72. The van der Waals surface area contributed by atoms with Crippen LogP contribution in [0, 0.1) is 5.92 Å². The summed E-state index contributed by atoms with van der Waals surface area (Å²) in [6, 6.07) is 0. The normalized spacial score (nSPS) is 57.6. The van der Waals surface area contributed by atoms with Crippen LogP contribution in [-0.2, 0) is 4.74 Å². The summed E-state index contributed by atoms with van der Waals surface area (Å²) in [5, 5.41) is 0. The summed E-state index contributed by atoms with van der Waals surface area (Å²) in [6.45, 7) is 4.94. The number of ether oxygens (including phenoxy) is 1. The van der Waals surface area contributed by atoms with Crippen molar-refractivity contribution in [2.24, 2.45) is 5.92 Å². The van der Waals surface area contributed by atoms with Gasteiger partial charge in [-0.15, -0.1) is 0 Å². The van der Waals surface area contributed by atoms with Crippen LogP contribution < -0.4 is 0 Å². The largest absolute Gasteiger partial charge is 0.368 e. The molecule has 0 N–H and O–H groups in total. The molecule has 2 nitrogen and oxygen atoms in total. The molecule has 56 valence electrons. The van der Waals surface area contributed by atoms with Crippen molar-refractivity contribution >= 4 is 0 Å². The second kappa shape index (κ2) is 1.56. The zero-order chi connectivity index (χ0) is 6.60. The highest BCUT2D eigenvalue weighted by Crippen LogP contribution is 2.46. The van der Waals surface area contributed by atoms with Gasteiger partial charge in [0.25, 0.3) is 0 Å². The third-order valence-electron chi connectivity index (χ3n) is 3.34. The molecule has 0 amide bonds. The first-order valence-electron chi connectivity index (χ1n) is 4.25. The molecule has 1 spiro atoms. The molecule has 2 heteroatoms. The summed E-state index contributed by atoms with van der Waals surface area (Å²) < 4.78 is 5.53. The van der Waals surface area contributed by atoms with Gasteiger partial charge in [-0.25, -0.2) is 0 Å². The molecule has 2 bridgehead atoms. The van der Waals surface area contributed by atoms with Crippen molar-refractivity contribution in [3.8, 4) is 0 Å². The highest BCUT2D eigenvalue weighted by molar-refractivity contribution is 5.06. The number of rotatable bonds is 0. The van der Waals surface area contributed by atoms with Crippen LogP contribution in [0.1, 0.15) is 12.8 Å². The summed E-state index contributed by atoms with van der Waals surface area (Å²) in [7, 11) is 0. The van der Waals surface area contributed by atoms with Crippen LogP contribution in [0.15, 0.2) is 0 Å². The van der Waals surface area contributed by atoms with Crippen LogP contribution in [0.5, 0.6) is 0 Å². The molecule has 1 unspecified atom stereocenters. The number of hydrogen-bond acceptors (Lipinski definition) is 2. The molecular formula is C8H13NO. The summed E-state index contributed by atoms with van der Waals surface area (Å²) in [5.41, 5.74) is 0.372. The van der Waals surface area contributed by atoms with E-state index in [1.54, 1.807) is 0 Å². The second-order valence-electron chi connectivity index (χ2n) is 3.90. The van der Waals surface area contributed by atoms with Gasteiger partial charge in [-0.1, -0.05) is 0 Å². The highest BCUT2D eigenvalue weighted by Gasteiger charge is 2.56. The van der Waals surface area contributed by atoms with Gasteiger partial charge >= 0.3 is 0 Å². The van der Waals surface area contributed by atoms with Gasteiger partial charge in [0.15, 0.2) is 0 Å². The smallest absolute Gasteiger partial charge is 0.107 e. The van der Waals surface area contributed by atoms with Gasteiger partial charge in [-0.2, -0.15) is 0 Å². The third-order valence-corrected chi connectivity index (χ3v) is 3.34. The van der Waals surface area contributed by atoms with E-state index in [1.165, 1.54) is 32.5 Å². The number of hydrogen-bond donors (Lipinski definition) is 0. The molecule has 4 rings (SSSR count). The molecule has 4 fully saturated rings. The molecule has 0 aromatic heterocycles. The standard InChI is InChI=1S/C8H13NO/c1-3-9-4-2-7(1)8(5-9)6-10-8/h7H,1-6H2. The van der Waals surface area contributed by atoms with Gasteiger partial charge in [0.2, 0.25) is 0 Å². The van der Waals surface area contributed by atoms with Crippen molar-refractivity contribution in [3.05, 3.63) is 0 Å². The monoisotopic (exact) mass is 139 g/mol. The van der Waals surface area contributed by atoms with E-state index in [9.17, 15) is 0 Å². The highest BCUT2D eigenvalue weighted by atomic mass is 16.6. The fourth-order valence-electron chi connectivity index (χ4n) is 2.54. The molecule has 0 saturated carbocycles. The van der Waals surface area contributed by atoms with Crippen molar-refractivity contribution in [2.75, 3.05) is 26.2 Å². The summed E-state index contributed by atoms with van der Waals surface area (Å²) >= 11 is 0. The Hall–Kier alpha value is -0.0800. The van der Waals surface area contributed by atoms with E-state index in [4.69, 9.17) is 4.74 Å². The van der Waals surface area contributed by atoms with Gasteiger partial charge in [0, 0.05) is 6.54 Å². The van der Waals surface area contributed by atoms with Crippen molar-refractivity contribution in [1.29, 1.82) is 0 Å². The summed E-state index contributed by atoms with van der Waals surface area (Å²) in [5.74, 6) is 0.914. The van der Waals surface area contributed by atoms with Gasteiger partial charge < -0.3 is 9.64 Å². The maximum atomic E-state index is 5.53. The number of nitrogens with zero attached hydrogens (tertiary/aromatic N) is 1. The maximum absolute atomic E-state index is 5.53. The van der Waals surface area contributed by atoms with E-state index >= 15 is 0 Å². The predicted octanol–water partition coefficient (Wildman–Crippen LogP) is 0.481. The fourth-order valence-corrected chi connectivity index (χ4v) is 2.54. The van der Waals surface area contributed by atoms with Crippen molar-refractivity contribution in [3.63, 3.8) is 0 Å². The number of fused-ring (bicyclic) bond motifs is 2. The fraction of sp³-hybridized carbons (Fsp3) is 1.00. The minimum Gasteiger partial charge on any atom is -0.368 e. The van der Waals surface area contributed by atoms with Gasteiger partial charge in [-0.05, 0) is 31.8 Å². The molecule has 0 aliphatic carbocycles. The van der Waals surface area contributed by atoms with Crippen LogP contribution in [-0.4, -0.2) is 36.7 Å². The molecule has 4 heterocycles. The quantitative estimate of drug-likeness (QED) is 0.454. The Morgan fingerprint density at radius 3 is 2.30 bits per heavy atom. The first-order chi connectivity index (χ1) is 4.89. The van der Waals surface area contributed by atoms with Gasteiger partial charge in [-0.3, -0.25) is 0 Å². The molecule has 0 aromatic carbocycles. The van der Waals surface area contributed by atoms with Gasteiger partial charge in [0.1, 0.15) is 5.60 Å². The number of piperidine rings is 3. The zero-order valence-electron chi connectivity index (χ0n) is 6.18. The topological polar surface area (TPSA) is 15.8 Å². The first kappa shape index (κ1) is 5.56. The Labute approximate surface area is 61.1 Å². The van der Waals surface area contributed by atoms with E-state index in [-0.39, 0.29) is 0 Å². The number of epoxide rings is 1. The van der Waals surface area contributed by atoms with Gasteiger partial charge in [0.05, 0.1) is 6.61 Å². The lowest BCUT2D eigenvalue weighted by molar-refractivity contribution is 0.0242. The minimum absolute atomic E-state index is 0.372. The third kappa shape index (κ3) is 0.565. The predicted molar refractivity (Wildman–Crippen MR) is 37.8 cm³/mol. The van der Waals surface area contributed by atoms with E-state index in [1.807, 2.05) is 0 Å². The average molecular weight is 139 g/mol. The van der Waals surface area contributed by atoms with E-state index in [0.29, 0.717) is 5.60 Å². The van der Waals surface area contributed by atoms with Crippen LogP contribution >= 0.6 is 0 Å². The zero-order valence-corrected chi connectivity index (χ0v) is 6.18. The summed E-state index contributed by atoms with van der Waals surface area (Å²) in [4.78, 5) is 2.55. The van der Waals surface area contributed by atoms with Crippen molar-refractivity contribution in [1.82, 2.24) is 4.90 Å². The lowest BCUT2D eigenvalue weighted by Crippen LogP contribution is -2.52. The SMILES string of the molecule is C1CN2CCC1C1(CO1)C2. The molecule has 0 aromatic rings. The van der Waals surface area contributed by atoms with E-state index in [2.05, 4.69) is 4.90 Å². The Morgan fingerprint density at radius 1 is 1.30 bits per heavy atom.